The molecule has 1 aliphatic heterocycles. The zero-order chi connectivity index (χ0) is 18.0. The predicted molar refractivity (Wildman–Crippen MR) is 90.3 cm³/mol. The van der Waals surface area contributed by atoms with E-state index in [-0.39, 0.29) is 17.7 Å². The molecule has 3 rings (SSSR count). The molecule has 0 atom stereocenters. The Morgan fingerprint density at radius 2 is 2.00 bits per heavy atom. The van der Waals surface area contributed by atoms with Crippen LogP contribution < -0.4 is 9.47 Å². The Balaban J connectivity index is 1.91. The summed E-state index contributed by atoms with van der Waals surface area (Å²) in [6, 6.07) is 11.1. The van der Waals surface area contributed by atoms with Crippen molar-refractivity contribution in [2.24, 2.45) is 0 Å². The summed E-state index contributed by atoms with van der Waals surface area (Å²) in [4.78, 5) is 38.4. The molecular formula is C18H14ClNO5. The summed E-state index contributed by atoms with van der Waals surface area (Å²) < 4.78 is 10.5. The average molecular weight is 360 g/mol. The zero-order valence-electron chi connectivity index (χ0n) is 13.3. The molecule has 0 aromatic heterocycles. The molecule has 7 heteroatoms. The lowest BCUT2D eigenvalue weighted by atomic mass is 10.1. The van der Waals surface area contributed by atoms with Gasteiger partial charge in [-0.05, 0) is 30.3 Å². The number of hydrogen-bond donors (Lipinski definition) is 0. The van der Waals surface area contributed by atoms with Crippen LogP contribution in [0.1, 0.15) is 20.7 Å². The first-order valence-corrected chi connectivity index (χ1v) is 7.82. The third-order valence-electron chi connectivity index (χ3n) is 3.78. The lowest BCUT2D eigenvalue weighted by Gasteiger charge is -2.18. The highest BCUT2D eigenvalue weighted by Crippen LogP contribution is 2.26. The molecule has 0 bridgehead atoms. The minimum atomic E-state index is -0.587. The van der Waals surface area contributed by atoms with Gasteiger partial charge in [-0.3, -0.25) is 19.3 Å². The van der Waals surface area contributed by atoms with Gasteiger partial charge >= 0.3 is 0 Å². The van der Waals surface area contributed by atoms with Gasteiger partial charge in [-0.1, -0.05) is 23.7 Å². The van der Waals surface area contributed by atoms with Gasteiger partial charge in [0.15, 0.2) is 12.4 Å². The van der Waals surface area contributed by atoms with Crippen molar-refractivity contribution in [3.63, 3.8) is 0 Å². The zero-order valence-corrected chi connectivity index (χ0v) is 14.1. The number of benzene rings is 2. The summed E-state index contributed by atoms with van der Waals surface area (Å²) in [6.45, 7) is -0.741. The number of Topliss-reactive ketones (excluding diaryl/α,β-unsaturated/α-hetero) is 1. The lowest BCUT2D eigenvalue weighted by Crippen LogP contribution is -2.41. The highest BCUT2D eigenvalue weighted by atomic mass is 35.5. The second kappa shape index (κ2) is 6.94. The summed E-state index contributed by atoms with van der Waals surface area (Å²) in [5.41, 5.74) is 0.438. The molecule has 0 spiro atoms. The fourth-order valence-electron chi connectivity index (χ4n) is 2.53. The Bertz CT molecular complexity index is 864. The first-order chi connectivity index (χ1) is 12.0. The second-order valence-corrected chi connectivity index (χ2v) is 5.77. The van der Waals surface area contributed by atoms with Crippen LogP contribution in [0.25, 0.3) is 0 Å². The molecule has 1 aliphatic rings. The average Bonchev–Trinajstić information content (AvgIpc) is 2.74. The number of para-hydroxylation sites is 1. The Morgan fingerprint density at radius 1 is 1.24 bits per heavy atom. The summed E-state index contributed by atoms with van der Waals surface area (Å²) >= 11 is 5.94. The summed E-state index contributed by atoms with van der Waals surface area (Å²) in [5.74, 6) is -0.986. The quantitative estimate of drug-likeness (QED) is 0.619. The van der Waals surface area contributed by atoms with E-state index in [1.54, 1.807) is 36.4 Å². The fourth-order valence-corrected chi connectivity index (χ4v) is 2.70. The van der Waals surface area contributed by atoms with E-state index in [0.717, 1.165) is 4.90 Å². The number of rotatable bonds is 4. The second-order valence-electron chi connectivity index (χ2n) is 5.34. The van der Waals surface area contributed by atoms with Crippen LogP contribution in [0.5, 0.6) is 11.5 Å². The predicted octanol–water partition coefficient (Wildman–Crippen LogP) is 2.59. The van der Waals surface area contributed by atoms with Crippen molar-refractivity contribution >= 4 is 29.2 Å². The molecule has 2 aromatic rings. The topological polar surface area (TPSA) is 72.9 Å². The van der Waals surface area contributed by atoms with Crippen LogP contribution in [0, 0.1) is 0 Å². The lowest BCUT2D eigenvalue weighted by molar-refractivity contribution is -0.129. The van der Waals surface area contributed by atoms with Gasteiger partial charge in [-0.2, -0.15) is 0 Å². The van der Waals surface area contributed by atoms with Gasteiger partial charge in [0, 0.05) is 5.02 Å². The summed E-state index contributed by atoms with van der Waals surface area (Å²) in [7, 11) is 1.42. The Kier molecular flexibility index (Phi) is 4.72. The molecule has 0 unspecified atom stereocenters. The number of nitrogens with zero attached hydrogens (tertiary/aromatic N) is 1. The number of carbonyl (C=O) groups excluding carboxylic acids is 3. The van der Waals surface area contributed by atoms with Crippen LogP contribution in [0.3, 0.4) is 0 Å². The maximum Gasteiger partial charge on any atom is 0.267 e. The van der Waals surface area contributed by atoms with E-state index in [2.05, 4.69) is 0 Å². The Labute approximate surface area is 148 Å². The number of amides is 2. The van der Waals surface area contributed by atoms with Crippen LogP contribution in [-0.2, 0) is 4.79 Å². The molecule has 1 heterocycles. The number of imide groups is 1. The van der Waals surface area contributed by atoms with E-state index < -0.39 is 24.1 Å². The first kappa shape index (κ1) is 17.0. The molecule has 0 saturated heterocycles. The number of fused-ring (bicyclic) bond motifs is 1. The van der Waals surface area contributed by atoms with Gasteiger partial charge in [0.05, 0.1) is 24.8 Å². The number of methoxy groups -OCH3 is 1. The van der Waals surface area contributed by atoms with E-state index in [1.807, 2.05) is 0 Å². The van der Waals surface area contributed by atoms with Crippen molar-refractivity contribution < 1.29 is 23.9 Å². The van der Waals surface area contributed by atoms with Crippen molar-refractivity contribution in [1.82, 2.24) is 4.90 Å². The van der Waals surface area contributed by atoms with Gasteiger partial charge in [0.2, 0.25) is 0 Å². The molecular weight excluding hydrogens is 346 g/mol. The highest BCUT2D eigenvalue weighted by Gasteiger charge is 2.31. The molecule has 2 aromatic carbocycles. The minimum Gasteiger partial charge on any atom is -0.496 e. The van der Waals surface area contributed by atoms with Gasteiger partial charge < -0.3 is 9.47 Å². The van der Waals surface area contributed by atoms with Crippen molar-refractivity contribution in [1.29, 1.82) is 0 Å². The van der Waals surface area contributed by atoms with E-state index >= 15 is 0 Å². The molecule has 25 heavy (non-hydrogen) atoms. The number of ketones is 1. The molecule has 0 N–H and O–H groups in total. The van der Waals surface area contributed by atoms with Gasteiger partial charge in [0.25, 0.3) is 11.8 Å². The number of hydrogen-bond acceptors (Lipinski definition) is 5. The van der Waals surface area contributed by atoms with Gasteiger partial charge in [-0.15, -0.1) is 0 Å². The third kappa shape index (κ3) is 3.34. The van der Waals surface area contributed by atoms with Crippen LogP contribution in [-0.4, -0.2) is 42.8 Å². The molecule has 0 saturated carbocycles. The number of halogens is 1. The first-order valence-electron chi connectivity index (χ1n) is 7.44. The van der Waals surface area contributed by atoms with Crippen molar-refractivity contribution in [3.05, 3.63) is 58.6 Å². The molecule has 0 aliphatic carbocycles. The minimum absolute atomic E-state index is 0.203. The standard InChI is InChI=1S/C18H14ClNO5/c1-24-15-7-6-11(19)8-13(15)14(21)9-20-17(22)10-25-16-5-3-2-4-12(16)18(20)23/h2-8H,9-10H2,1H3. The van der Waals surface area contributed by atoms with Crippen LogP contribution in [0.2, 0.25) is 5.02 Å². The summed E-state index contributed by atoms with van der Waals surface area (Å²) in [6.07, 6.45) is 0. The SMILES string of the molecule is COc1ccc(Cl)cc1C(=O)CN1C(=O)COc2ccccc2C1=O. The Morgan fingerprint density at radius 3 is 2.76 bits per heavy atom. The fraction of sp³-hybridized carbons (Fsp3) is 0.167. The van der Waals surface area contributed by atoms with Crippen molar-refractivity contribution in [3.8, 4) is 11.5 Å². The van der Waals surface area contributed by atoms with E-state index in [4.69, 9.17) is 21.1 Å². The maximum absolute atomic E-state index is 12.7. The largest absolute Gasteiger partial charge is 0.496 e. The van der Waals surface area contributed by atoms with Gasteiger partial charge in [0.1, 0.15) is 11.5 Å². The van der Waals surface area contributed by atoms with Crippen LogP contribution in [0.15, 0.2) is 42.5 Å². The van der Waals surface area contributed by atoms with Crippen molar-refractivity contribution in [2.75, 3.05) is 20.3 Å². The van der Waals surface area contributed by atoms with Gasteiger partial charge in [-0.25, -0.2) is 0 Å². The highest BCUT2D eigenvalue weighted by molar-refractivity contribution is 6.31. The van der Waals surface area contributed by atoms with E-state index in [1.165, 1.54) is 13.2 Å². The number of ether oxygens (including phenoxy) is 2. The van der Waals surface area contributed by atoms with E-state index in [9.17, 15) is 14.4 Å². The number of carbonyl (C=O) groups is 3. The molecule has 0 fully saturated rings. The molecule has 128 valence electrons. The molecule has 0 radical (unpaired) electrons. The van der Waals surface area contributed by atoms with Crippen LogP contribution in [0.4, 0.5) is 0 Å². The third-order valence-corrected chi connectivity index (χ3v) is 4.01. The summed E-state index contributed by atoms with van der Waals surface area (Å²) in [5, 5.41) is 0.353. The van der Waals surface area contributed by atoms with Crippen LogP contribution >= 0.6 is 11.6 Å². The maximum atomic E-state index is 12.7. The monoisotopic (exact) mass is 359 g/mol. The normalized spacial score (nSPS) is 13.8. The molecule has 6 nitrogen and oxygen atoms in total. The van der Waals surface area contributed by atoms with E-state index in [0.29, 0.717) is 16.5 Å². The molecule has 2 amide bonds. The van der Waals surface area contributed by atoms with Crippen molar-refractivity contribution in [2.45, 2.75) is 0 Å². The Hall–Kier alpha value is -2.86. The smallest absolute Gasteiger partial charge is 0.267 e.